The van der Waals surface area contributed by atoms with Crippen LogP contribution in [0, 0.1) is 0 Å². The molecule has 0 unspecified atom stereocenters. The van der Waals surface area contributed by atoms with E-state index in [1.807, 2.05) is 18.2 Å². The van der Waals surface area contributed by atoms with Gasteiger partial charge in [0, 0.05) is 29.9 Å². The third-order valence-electron chi connectivity index (χ3n) is 6.18. The van der Waals surface area contributed by atoms with Gasteiger partial charge in [-0.15, -0.1) is 11.3 Å². The number of amides is 1. The second kappa shape index (κ2) is 9.71. The summed E-state index contributed by atoms with van der Waals surface area (Å²) in [5.41, 5.74) is 2.31. The Kier molecular flexibility index (Phi) is 6.78. The number of para-hydroxylation sites is 1. The molecule has 1 aromatic heterocycles. The van der Waals surface area contributed by atoms with E-state index in [0.29, 0.717) is 6.04 Å². The smallest absolute Gasteiger partial charge is 0.261 e. The highest BCUT2D eigenvalue weighted by atomic mass is 32.1. The zero-order valence-corrected chi connectivity index (χ0v) is 19.3. The first kappa shape index (κ1) is 21.7. The number of nitrogens with one attached hydrogen (secondary N) is 1. The minimum atomic E-state index is 0.00743. The minimum absolute atomic E-state index is 0.00743. The summed E-state index contributed by atoms with van der Waals surface area (Å²) in [5.74, 6) is 1.58. The summed E-state index contributed by atoms with van der Waals surface area (Å²) in [6.45, 7) is 1.85. The van der Waals surface area contributed by atoms with E-state index >= 15 is 0 Å². The molecular formula is C25H30N2O3S. The second-order valence-electron chi connectivity index (χ2n) is 7.96. The largest absolute Gasteiger partial charge is 0.493 e. The van der Waals surface area contributed by atoms with Gasteiger partial charge in [-0.25, -0.2) is 0 Å². The maximum atomic E-state index is 12.6. The second-order valence-corrected chi connectivity index (χ2v) is 9.01. The van der Waals surface area contributed by atoms with E-state index in [0.717, 1.165) is 47.9 Å². The van der Waals surface area contributed by atoms with Gasteiger partial charge in [-0.1, -0.05) is 36.8 Å². The Hall–Kier alpha value is -2.57. The zero-order chi connectivity index (χ0) is 21.8. The maximum Gasteiger partial charge on any atom is 0.261 e. The van der Waals surface area contributed by atoms with Crippen molar-refractivity contribution in [3.63, 3.8) is 0 Å². The molecule has 0 saturated carbocycles. The molecular weight excluding hydrogens is 408 g/mol. The Morgan fingerprint density at radius 3 is 2.74 bits per heavy atom. The minimum Gasteiger partial charge on any atom is -0.493 e. The quantitative estimate of drug-likeness (QED) is 0.571. The lowest BCUT2D eigenvalue weighted by molar-refractivity contribution is 0.0964. The molecule has 0 bridgehead atoms. The van der Waals surface area contributed by atoms with E-state index in [9.17, 15) is 4.79 Å². The Balaban J connectivity index is 1.65. The Morgan fingerprint density at radius 1 is 1.13 bits per heavy atom. The number of methoxy groups -OCH3 is 2. The van der Waals surface area contributed by atoms with E-state index in [1.165, 1.54) is 28.5 Å². The summed E-state index contributed by atoms with van der Waals surface area (Å²) >= 11 is 1.59. The first-order valence-electron chi connectivity index (χ1n) is 10.8. The van der Waals surface area contributed by atoms with Gasteiger partial charge in [0.2, 0.25) is 0 Å². The van der Waals surface area contributed by atoms with Crippen LogP contribution in [0.4, 0.5) is 0 Å². The molecule has 5 nitrogen and oxygen atoms in total. The van der Waals surface area contributed by atoms with Gasteiger partial charge < -0.3 is 14.8 Å². The molecule has 0 radical (unpaired) electrons. The van der Waals surface area contributed by atoms with E-state index in [1.54, 1.807) is 32.6 Å². The molecule has 1 aliphatic rings. The molecule has 1 fully saturated rings. The van der Waals surface area contributed by atoms with E-state index in [2.05, 4.69) is 34.5 Å². The number of hydrogen-bond acceptors (Lipinski definition) is 5. The fourth-order valence-electron chi connectivity index (χ4n) is 4.63. The Morgan fingerprint density at radius 2 is 1.97 bits per heavy atom. The van der Waals surface area contributed by atoms with Crippen LogP contribution in [0.2, 0.25) is 0 Å². The molecule has 1 amide bonds. The SMILES string of the molecule is CNC(=O)c1sc2ccccc2c1C[C@H]1CCCCN1Cc1cccc(OC)c1OC. The molecule has 4 rings (SSSR count). The normalized spacial score (nSPS) is 16.9. The maximum absolute atomic E-state index is 12.6. The highest BCUT2D eigenvalue weighted by Crippen LogP contribution is 2.36. The molecule has 1 saturated heterocycles. The van der Waals surface area contributed by atoms with Gasteiger partial charge in [-0.05, 0) is 48.9 Å². The Labute approximate surface area is 188 Å². The number of piperidine rings is 1. The van der Waals surface area contributed by atoms with Crippen molar-refractivity contribution in [2.24, 2.45) is 0 Å². The van der Waals surface area contributed by atoms with Gasteiger partial charge in [0.15, 0.2) is 11.5 Å². The molecule has 1 aliphatic heterocycles. The van der Waals surface area contributed by atoms with Gasteiger partial charge in [0.1, 0.15) is 0 Å². The van der Waals surface area contributed by atoms with Crippen LogP contribution in [0.25, 0.3) is 10.1 Å². The number of likely N-dealkylation sites (tertiary alicyclic amines) is 1. The number of carbonyl (C=O) groups excluding carboxylic acids is 1. The zero-order valence-electron chi connectivity index (χ0n) is 18.4. The first-order chi connectivity index (χ1) is 15.2. The van der Waals surface area contributed by atoms with Crippen LogP contribution >= 0.6 is 11.3 Å². The highest BCUT2D eigenvalue weighted by molar-refractivity contribution is 7.21. The fraction of sp³-hybridized carbons (Fsp3) is 0.400. The molecule has 0 spiro atoms. The van der Waals surface area contributed by atoms with Gasteiger partial charge in [0.05, 0.1) is 19.1 Å². The van der Waals surface area contributed by atoms with E-state index in [-0.39, 0.29) is 5.91 Å². The molecule has 164 valence electrons. The first-order valence-corrected chi connectivity index (χ1v) is 11.6. The van der Waals surface area contributed by atoms with Crippen molar-refractivity contribution in [1.82, 2.24) is 10.2 Å². The monoisotopic (exact) mass is 438 g/mol. The highest BCUT2D eigenvalue weighted by Gasteiger charge is 2.27. The molecule has 31 heavy (non-hydrogen) atoms. The van der Waals surface area contributed by atoms with E-state index < -0.39 is 0 Å². The van der Waals surface area contributed by atoms with Gasteiger partial charge in [-0.3, -0.25) is 9.69 Å². The van der Waals surface area contributed by atoms with Crippen LogP contribution in [-0.2, 0) is 13.0 Å². The summed E-state index contributed by atoms with van der Waals surface area (Å²) < 4.78 is 12.3. The van der Waals surface area contributed by atoms with Crippen molar-refractivity contribution in [1.29, 1.82) is 0 Å². The molecule has 6 heteroatoms. The predicted octanol–water partition coefficient (Wildman–Crippen LogP) is 4.88. The van der Waals surface area contributed by atoms with Crippen LogP contribution in [-0.4, -0.2) is 44.7 Å². The van der Waals surface area contributed by atoms with Gasteiger partial charge >= 0.3 is 0 Å². The number of hydrogen-bond donors (Lipinski definition) is 1. The summed E-state index contributed by atoms with van der Waals surface area (Å²) in [4.78, 5) is 16.0. The average molecular weight is 439 g/mol. The number of benzene rings is 2. The third kappa shape index (κ3) is 4.41. The van der Waals surface area contributed by atoms with Crippen molar-refractivity contribution < 1.29 is 14.3 Å². The molecule has 2 heterocycles. The van der Waals surface area contributed by atoms with Crippen molar-refractivity contribution >= 4 is 27.3 Å². The number of nitrogens with zero attached hydrogens (tertiary/aromatic N) is 1. The summed E-state index contributed by atoms with van der Waals surface area (Å²) in [5, 5.41) is 4.03. The van der Waals surface area contributed by atoms with Crippen molar-refractivity contribution in [2.45, 2.75) is 38.3 Å². The summed E-state index contributed by atoms with van der Waals surface area (Å²) in [7, 11) is 5.08. The fourth-order valence-corrected chi connectivity index (χ4v) is 5.81. The summed E-state index contributed by atoms with van der Waals surface area (Å²) in [6.07, 6.45) is 4.41. The van der Waals surface area contributed by atoms with Crippen molar-refractivity contribution in [3.05, 3.63) is 58.5 Å². The molecule has 1 N–H and O–H groups in total. The molecule has 1 atom stereocenters. The van der Waals surface area contributed by atoms with Gasteiger partial charge in [0.25, 0.3) is 5.91 Å². The lowest BCUT2D eigenvalue weighted by Crippen LogP contribution is -2.40. The number of carbonyl (C=O) groups is 1. The van der Waals surface area contributed by atoms with E-state index in [4.69, 9.17) is 9.47 Å². The molecule has 2 aromatic carbocycles. The topological polar surface area (TPSA) is 50.8 Å². The lowest BCUT2D eigenvalue weighted by Gasteiger charge is -2.36. The van der Waals surface area contributed by atoms with Crippen LogP contribution in [0.1, 0.15) is 40.1 Å². The number of thiophene rings is 1. The van der Waals surface area contributed by atoms with Gasteiger partial charge in [-0.2, -0.15) is 0 Å². The van der Waals surface area contributed by atoms with Crippen molar-refractivity contribution in [3.8, 4) is 11.5 Å². The molecule has 3 aromatic rings. The Bertz CT molecular complexity index is 1060. The molecule has 0 aliphatic carbocycles. The third-order valence-corrected chi connectivity index (χ3v) is 7.39. The van der Waals surface area contributed by atoms with Crippen LogP contribution in [0.15, 0.2) is 42.5 Å². The number of ether oxygens (including phenoxy) is 2. The number of fused-ring (bicyclic) bond motifs is 1. The average Bonchev–Trinajstić information content (AvgIpc) is 3.18. The van der Waals surface area contributed by atoms with Crippen LogP contribution in [0.3, 0.4) is 0 Å². The van der Waals surface area contributed by atoms with Crippen LogP contribution < -0.4 is 14.8 Å². The van der Waals surface area contributed by atoms with Crippen molar-refractivity contribution in [2.75, 3.05) is 27.8 Å². The predicted molar refractivity (Wildman–Crippen MR) is 127 cm³/mol. The number of rotatable bonds is 7. The summed E-state index contributed by atoms with van der Waals surface area (Å²) in [6, 6.07) is 14.8. The standard InChI is InChI=1S/C25H30N2O3S/c1-26-25(28)24-20(19-11-4-5-13-22(19)31-24)15-18-10-6-7-14-27(18)16-17-9-8-12-21(29-2)23(17)30-3/h4-5,8-9,11-13,18H,6-7,10,14-16H2,1-3H3,(H,26,28)/t18-/m1/s1. The lowest BCUT2D eigenvalue weighted by atomic mass is 9.93. The van der Waals surface area contributed by atoms with Crippen LogP contribution in [0.5, 0.6) is 11.5 Å².